The molecule has 1 aromatic rings. The largest absolute Gasteiger partial charge is 0.483 e. The fourth-order valence-electron chi connectivity index (χ4n) is 1.85. The molecule has 0 radical (unpaired) electrons. The molecule has 2 heterocycles. The highest BCUT2D eigenvalue weighted by Crippen LogP contribution is 2.47. The van der Waals surface area contributed by atoms with E-state index in [9.17, 15) is 4.39 Å². The van der Waals surface area contributed by atoms with Crippen molar-refractivity contribution >= 4 is 40.7 Å². The van der Waals surface area contributed by atoms with Crippen LogP contribution in [0.25, 0.3) is 0 Å². The molecule has 1 atom stereocenters. The normalized spacial score (nSPS) is 19.6. The number of rotatable bonds is 0. The van der Waals surface area contributed by atoms with Crippen LogP contribution in [0.4, 0.5) is 10.1 Å². The van der Waals surface area contributed by atoms with Crippen LogP contribution in [0.3, 0.4) is 0 Å². The maximum absolute atomic E-state index is 13.2. The Morgan fingerprint density at radius 3 is 3.00 bits per heavy atom. The molecule has 0 aromatic heterocycles. The van der Waals surface area contributed by atoms with Crippen molar-refractivity contribution in [2.24, 2.45) is 4.99 Å². The minimum absolute atomic E-state index is 0.210. The standard InChI is InChI=1S/C10H8ClFN2S.CH2O2/c1-5-4-14-7-3-2-6(12)8(11)9(7)15-10(14)13-5;2-1-3/h2-3,5H,4H2,1H3;1H,(H,2,3). The van der Waals surface area contributed by atoms with Crippen LogP contribution < -0.4 is 4.90 Å². The lowest BCUT2D eigenvalue weighted by molar-refractivity contribution is -0.122. The Hall–Kier alpha value is -1.27. The van der Waals surface area contributed by atoms with Crippen molar-refractivity contribution in [3.8, 4) is 0 Å². The molecule has 1 unspecified atom stereocenters. The van der Waals surface area contributed by atoms with Crippen LogP contribution in [0.15, 0.2) is 22.0 Å². The molecule has 0 fully saturated rings. The van der Waals surface area contributed by atoms with Crippen LogP contribution in [0.2, 0.25) is 5.02 Å². The van der Waals surface area contributed by atoms with Crippen LogP contribution in [-0.2, 0) is 4.79 Å². The van der Waals surface area contributed by atoms with Gasteiger partial charge >= 0.3 is 0 Å². The number of thioether (sulfide) groups is 1. The third-order valence-electron chi connectivity index (χ3n) is 2.52. The number of hydrogen-bond donors (Lipinski definition) is 1. The molecule has 3 rings (SSSR count). The smallest absolute Gasteiger partial charge is 0.290 e. The van der Waals surface area contributed by atoms with Gasteiger partial charge in [-0.05, 0) is 30.8 Å². The summed E-state index contributed by atoms with van der Waals surface area (Å²) in [5.41, 5.74) is 0.981. The SMILES string of the molecule is CC1CN2C(=N1)Sc1c2ccc(F)c1Cl.O=CO. The summed E-state index contributed by atoms with van der Waals surface area (Å²) in [6.45, 7) is 2.67. The van der Waals surface area contributed by atoms with Gasteiger partial charge in [-0.15, -0.1) is 0 Å². The van der Waals surface area contributed by atoms with Crippen molar-refractivity contribution in [2.75, 3.05) is 11.4 Å². The third-order valence-corrected chi connectivity index (χ3v) is 4.13. The molecular formula is C11H10ClFN2O2S. The molecule has 0 aliphatic carbocycles. The van der Waals surface area contributed by atoms with Crippen molar-refractivity contribution in [1.82, 2.24) is 0 Å². The molecule has 0 saturated carbocycles. The van der Waals surface area contributed by atoms with E-state index in [-0.39, 0.29) is 17.3 Å². The summed E-state index contributed by atoms with van der Waals surface area (Å²) >= 11 is 7.36. The molecule has 4 nitrogen and oxygen atoms in total. The lowest BCUT2D eigenvalue weighted by Gasteiger charge is -2.13. The fourth-order valence-corrected chi connectivity index (χ4v) is 3.29. The van der Waals surface area contributed by atoms with Gasteiger partial charge in [0.1, 0.15) is 5.82 Å². The molecule has 0 spiro atoms. The number of benzene rings is 1. The van der Waals surface area contributed by atoms with Crippen molar-refractivity contribution in [1.29, 1.82) is 0 Å². The predicted octanol–water partition coefficient (Wildman–Crippen LogP) is 2.85. The van der Waals surface area contributed by atoms with Crippen molar-refractivity contribution in [3.05, 3.63) is 23.0 Å². The second-order valence-corrected chi connectivity index (χ2v) is 5.14. The number of anilines is 1. The minimum Gasteiger partial charge on any atom is -0.483 e. The van der Waals surface area contributed by atoms with Crippen molar-refractivity contribution in [2.45, 2.75) is 17.9 Å². The van der Waals surface area contributed by atoms with Crippen LogP contribution in [0, 0.1) is 5.82 Å². The number of halogens is 2. The van der Waals surface area contributed by atoms with E-state index in [4.69, 9.17) is 21.5 Å². The molecule has 0 bridgehead atoms. The zero-order chi connectivity index (χ0) is 13.3. The lowest BCUT2D eigenvalue weighted by atomic mass is 10.2. The molecule has 96 valence electrons. The van der Waals surface area contributed by atoms with Gasteiger partial charge in [0.2, 0.25) is 0 Å². The average molecular weight is 289 g/mol. The van der Waals surface area contributed by atoms with E-state index in [1.807, 2.05) is 0 Å². The molecule has 2 aliphatic heterocycles. The highest BCUT2D eigenvalue weighted by molar-refractivity contribution is 8.15. The van der Waals surface area contributed by atoms with Gasteiger partial charge in [-0.25, -0.2) is 4.39 Å². The topological polar surface area (TPSA) is 52.9 Å². The summed E-state index contributed by atoms with van der Waals surface area (Å²) in [5, 5.41) is 8.03. The van der Waals surface area contributed by atoms with Crippen molar-refractivity contribution in [3.63, 3.8) is 0 Å². The lowest BCUT2D eigenvalue weighted by Crippen LogP contribution is -2.22. The molecule has 18 heavy (non-hydrogen) atoms. The molecule has 1 N–H and O–H groups in total. The van der Waals surface area contributed by atoms with Gasteiger partial charge in [0, 0.05) is 6.54 Å². The minimum atomic E-state index is -0.363. The second kappa shape index (κ2) is 5.16. The Kier molecular flexibility index (Phi) is 3.77. The summed E-state index contributed by atoms with van der Waals surface area (Å²) in [7, 11) is 0. The summed E-state index contributed by atoms with van der Waals surface area (Å²) in [6.07, 6.45) is 0. The monoisotopic (exact) mass is 288 g/mol. The molecule has 7 heteroatoms. The first-order valence-corrected chi connectivity index (χ1v) is 6.37. The van der Waals surface area contributed by atoms with Crippen LogP contribution >= 0.6 is 23.4 Å². The molecule has 2 aliphatic rings. The van der Waals surface area contributed by atoms with Crippen LogP contribution in [0.1, 0.15) is 6.92 Å². The molecule has 1 aromatic carbocycles. The van der Waals surface area contributed by atoms with Gasteiger partial charge in [-0.3, -0.25) is 9.79 Å². The summed E-state index contributed by atoms with van der Waals surface area (Å²) in [6, 6.07) is 3.49. The molecular weight excluding hydrogens is 279 g/mol. The van der Waals surface area contributed by atoms with Gasteiger partial charge in [0.25, 0.3) is 6.47 Å². The highest BCUT2D eigenvalue weighted by atomic mass is 35.5. The maximum Gasteiger partial charge on any atom is 0.290 e. The van der Waals surface area contributed by atoms with E-state index in [1.165, 1.54) is 17.8 Å². The van der Waals surface area contributed by atoms with E-state index >= 15 is 0 Å². The summed E-state index contributed by atoms with van der Waals surface area (Å²) < 4.78 is 13.2. The molecule has 0 amide bonds. The number of fused-ring (bicyclic) bond motifs is 3. The van der Waals surface area contributed by atoms with Crippen LogP contribution in [-0.4, -0.2) is 29.3 Å². The first-order valence-electron chi connectivity index (χ1n) is 5.17. The fraction of sp³-hybridized carbons (Fsp3) is 0.273. The van der Waals surface area contributed by atoms with E-state index in [2.05, 4.69) is 16.8 Å². The Labute approximate surface area is 112 Å². The van der Waals surface area contributed by atoms with Gasteiger partial charge < -0.3 is 10.0 Å². The second-order valence-electron chi connectivity index (χ2n) is 3.79. The molecule has 0 saturated heterocycles. The van der Waals surface area contributed by atoms with E-state index in [0.29, 0.717) is 6.04 Å². The van der Waals surface area contributed by atoms with Gasteiger partial charge in [-0.2, -0.15) is 0 Å². The summed E-state index contributed by atoms with van der Waals surface area (Å²) in [5.74, 6) is -0.363. The summed E-state index contributed by atoms with van der Waals surface area (Å²) in [4.78, 5) is 15.7. The Balaban J connectivity index is 0.000000367. The number of nitrogens with zero attached hydrogens (tertiary/aromatic N) is 2. The highest BCUT2D eigenvalue weighted by Gasteiger charge is 2.34. The number of carboxylic acid groups (broad SMARTS) is 1. The van der Waals surface area contributed by atoms with Gasteiger partial charge in [0.15, 0.2) is 5.17 Å². The number of amidine groups is 1. The van der Waals surface area contributed by atoms with Crippen molar-refractivity contribution < 1.29 is 14.3 Å². The quantitative estimate of drug-likeness (QED) is 0.746. The maximum atomic E-state index is 13.2. The van der Waals surface area contributed by atoms with Gasteiger partial charge in [0.05, 0.1) is 21.6 Å². The predicted molar refractivity (Wildman–Crippen MR) is 70.2 cm³/mol. The Morgan fingerprint density at radius 2 is 2.33 bits per heavy atom. The van der Waals surface area contributed by atoms with E-state index in [0.717, 1.165) is 22.3 Å². The average Bonchev–Trinajstić information content (AvgIpc) is 2.81. The Morgan fingerprint density at radius 1 is 1.67 bits per heavy atom. The number of aliphatic imine (C=N–C) groups is 1. The van der Waals surface area contributed by atoms with E-state index in [1.54, 1.807) is 6.07 Å². The third kappa shape index (κ3) is 2.18. The zero-order valence-corrected chi connectivity index (χ0v) is 11.0. The van der Waals surface area contributed by atoms with Gasteiger partial charge in [-0.1, -0.05) is 11.6 Å². The first-order chi connectivity index (χ1) is 8.58. The Bertz CT molecular complexity index is 524. The van der Waals surface area contributed by atoms with Crippen LogP contribution in [0.5, 0.6) is 0 Å². The zero-order valence-electron chi connectivity index (χ0n) is 9.43. The van der Waals surface area contributed by atoms with E-state index < -0.39 is 0 Å². The number of hydrogen-bond acceptors (Lipinski definition) is 4. The number of carbonyl (C=O) groups is 1. The first kappa shape index (κ1) is 13.2.